The fourth-order valence-electron chi connectivity index (χ4n) is 2.43. The zero-order valence-corrected chi connectivity index (χ0v) is 15.2. The molecule has 0 spiro atoms. The van der Waals surface area contributed by atoms with E-state index in [1.165, 1.54) is 16.9 Å². The largest absolute Gasteiger partial charge is 0.349 e. The van der Waals surface area contributed by atoms with Gasteiger partial charge in [0.25, 0.3) is 5.91 Å². The molecule has 0 saturated carbocycles. The molecule has 3 aromatic rings. The van der Waals surface area contributed by atoms with Gasteiger partial charge in [0.15, 0.2) is 0 Å². The number of likely N-dealkylation sites (N-methyl/N-ethyl adjacent to an activating group) is 1. The van der Waals surface area contributed by atoms with E-state index in [-0.39, 0.29) is 11.9 Å². The van der Waals surface area contributed by atoms with Gasteiger partial charge in [0.1, 0.15) is 9.88 Å². The Balaban J connectivity index is 1.66. The number of nitrogens with zero attached hydrogens (tertiary/aromatic N) is 2. The van der Waals surface area contributed by atoms with Crippen LogP contribution in [0.25, 0.3) is 10.6 Å². The van der Waals surface area contributed by atoms with Crippen molar-refractivity contribution < 1.29 is 4.79 Å². The molecule has 3 rings (SSSR count). The molecule has 1 N–H and O–H groups in total. The second-order valence-electron chi connectivity index (χ2n) is 5.64. The Morgan fingerprint density at radius 3 is 2.71 bits per heavy atom. The van der Waals surface area contributed by atoms with Crippen molar-refractivity contribution in [2.45, 2.75) is 6.04 Å². The molecule has 1 amide bonds. The quantitative estimate of drug-likeness (QED) is 0.728. The molecule has 6 heteroatoms. The molecule has 2 aromatic heterocycles. The van der Waals surface area contributed by atoms with E-state index >= 15 is 0 Å². The van der Waals surface area contributed by atoms with Crippen LogP contribution in [-0.4, -0.2) is 36.4 Å². The van der Waals surface area contributed by atoms with Crippen molar-refractivity contribution in [1.29, 1.82) is 0 Å². The predicted octanol–water partition coefficient (Wildman–Crippen LogP) is 3.90. The average Bonchev–Trinajstić information content (AvgIpc) is 3.27. The van der Waals surface area contributed by atoms with Crippen LogP contribution in [0.1, 0.15) is 21.3 Å². The predicted molar refractivity (Wildman–Crippen MR) is 101 cm³/mol. The average molecular weight is 358 g/mol. The number of hydrogen-bond donors (Lipinski definition) is 1. The number of carbonyl (C=O) groups excluding carboxylic acids is 1. The highest BCUT2D eigenvalue weighted by Gasteiger charge is 2.17. The summed E-state index contributed by atoms with van der Waals surface area (Å²) in [6.07, 6.45) is 1.65. The number of thiazole rings is 1. The van der Waals surface area contributed by atoms with Crippen molar-refractivity contribution >= 4 is 28.6 Å². The minimum atomic E-state index is -0.0724. The topological polar surface area (TPSA) is 45.2 Å². The van der Waals surface area contributed by atoms with Crippen LogP contribution < -0.4 is 5.32 Å². The smallest absolute Gasteiger partial charge is 0.263 e. The molecule has 0 radical (unpaired) electrons. The van der Waals surface area contributed by atoms with Gasteiger partial charge in [0.2, 0.25) is 0 Å². The van der Waals surface area contributed by atoms with E-state index in [2.05, 4.69) is 32.0 Å². The van der Waals surface area contributed by atoms with Gasteiger partial charge >= 0.3 is 0 Å². The molecule has 124 valence electrons. The maximum Gasteiger partial charge on any atom is 0.263 e. The third-order valence-corrected chi connectivity index (χ3v) is 5.50. The molecule has 0 aliphatic carbocycles. The standard InChI is InChI=1S/C18H19N3OS2/c1-21(2)15(14-8-9-23-12-14)10-19-17(22)16-11-20-18(24-16)13-6-4-3-5-7-13/h3-9,11-12,15H,10H2,1-2H3,(H,19,22)/t15-/m0/s1. The maximum absolute atomic E-state index is 12.4. The Morgan fingerprint density at radius 1 is 1.25 bits per heavy atom. The summed E-state index contributed by atoms with van der Waals surface area (Å²) < 4.78 is 0. The van der Waals surface area contributed by atoms with Crippen LogP contribution in [0.3, 0.4) is 0 Å². The Hall–Kier alpha value is -2.02. The van der Waals surface area contributed by atoms with Crippen LogP contribution >= 0.6 is 22.7 Å². The monoisotopic (exact) mass is 357 g/mol. The van der Waals surface area contributed by atoms with Gasteiger partial charge in [0, 0.05) is 12.1 Å². The van der Waals surface area contributed by atoms with Gasteiger partial charge in [-0.05, 0) is 36.5 Å². The van der Waals surface area contributed by atoms with Gasteiger partial charge in [-0.2, -0.15) is 11.3 Å². The first-order chi connectivity index (χ1) is 11.6. The first kappa shape index (κ1) is 16.8. The summed E-state index contributed by atoms with van der Waals surface area (Å²) in [5, 5.41) is 8.07. The maximum atomic E-state index is 12.4. The third kappa shape index (κ3) is 3.90. The minimum Gasteiger partial charge on any atom is -0.349 e. The van der Waals surface area contributed by atoms with E-state index in [0.717, 1.165) is 10.6 Å². The molecule has 1 atom stereocenters. The van der Waals surface area contributed by atoms with E-state index in [0.29, 0.717) is 11.4 Å². The summed E-state index contributed by atoms with van der Waals surface area (Å²) in [6, 6.07) is 12.2. The molecule has 0 aliphatic heterocycles. The van der Waals surface area contributed by atoms with E-state index in [4.69, 9.17) is 0 Å². The Morgan fingerprint density at radius 2 is 2.04 bits per heavy atom. The van der Waals surface area contributed by atoms with Crippen LogP contribution in [0.5, 0.6) is 0 Å². The summed E-state index contributed by atoms with van der Waals surface area (Å²) in [4.78, 5) is 19.5. The second kappa shape index (κ2) is 7.70. The van der Waals surface area contributed by atoms with Crippen molar-refractivity contribution in [2.75, 3.05) is 20.6 Å². The molecular formula is C18H19N3OS2. The molecular weight excluding hydrogens is 338 g/mol. The Kier molecular flexibility index (Phi) is 5.40. The Labute approximate surface area is 149 Å². The normalized spacial score (nSPS) is 12.3. The lowest BCUT2D eigenvalue weighted by molar-refractivity contribution is 0.0946. The lowest BCUT2D eigenvalue weighted by atomic mass is 10.1. The summed E-state index contributed by atoms with van der Waals surface area (Å²) in [5.41, 5.74) is 2.26. The third-order valence-electron chi connectivity index (χ3n) is 3.76. The van der Waals surface area contributed by atoms with E-state index < -0.39 is 0 Å². The van der Waals surface area contributed by atoms with E-state index in [9.17, 15) is 4.79 Å². The van der Waals surface area contributed by atoms with Crippen molar-refractivity contribution in [3.05, 3.63) is 63.8 Å². The SMILES string of the molecule is CN(C)[C@@H](CNC(=O)c1cnc(-c2ccccc2)s1)c1ccsc1. The molecule has 0 aliphatic rings. The number of nitrogens with one attached hydrogen (secondary N) is 1. The van der Waals surface area contributed by atoms with E-state index in [1.807, 2.05) is 44.4 Å². The molecule has 24 heavy (non-hydrogen) atoms. The first-order valence-corrected chi connectivity index (χ1v) is 9.39. The van der Waals surface area contributed by atoms with Gasteiger partial charge in [0.05, 0.1) is 12.2 Å². The fourth-order valence-corrected chi connectivity index (χ4v) is 3.98. The molecule has 0 bridgehead atoms. The lowest BCUT2D eigenvalue weighted by Crippen LogP contribution is -2.34. The summed E-state index contributed by atoms with van der Waals surface area (Å²) in [7, 11) is 4.05. The number of hydrogen-bond acceptors (Lipinski definition) is 5. The zero-order chi connectivity index (χ0) is 16.9. The summed E-state index contributed by atoms with van der Waals surface area (Å²) in [5.74, 6) is -0.0724. The lowest BCUT2D eigenvalue weighted by Gasteiger charge is -2.23. The van der Waals surface area contributed by atoms with Gasteiger partial charge in [-0.15, -0.1) is 11.3 Å². The minimum absolute atomic E-state index is 0.0724. The number of carbonyl (C=O) groups is 1. The molecule has 4 nitrogen and oxygen atoms in total. The highest BCUT2D eigenvalue weighted by molar-refractivity contribution is 7.16. The van der Waals surface area contributed by atoms with Crippen molar-refractivity contribution in [1.82, 2.24) is 15.2 Å². The fraction of sp³-hybridized carbons (Fsp3) is 0.222. The first-order valence-electron chi connectivity index (χ1n) is 7.63. The van der Waals surface area contributed by atoms with Crippen molar-refractivity contribution in [2.24, 2.45) is 0 Å². The Bertz CT molecular complexity index is 782. The van der Waals surface area contributed by atoms with Crippen molar-refractivity contribution in [3.8, 4) is 10.6 Å². The van der Waals surface area contributed by atoms with Crippen LogP contribution in [0, 0.1) is 0 Å². The molecule has 1 aromatic carbocycles. The molecule has 0 unspecified atom stereocenters. The number of aromatic nitrogens is 1. The molecule has 0 saturated heterocycles. The van der Waals surface area contributed by atoms with Gasteiger partial charge in [-0.25, -0.2) is 4.98 Å². The number of rotatable bonds is 6. The zero-order valence-electron chi connectivity index (χ0n) is 13.6. The highest BCUT2D eigenvalue weighted by Crippen LogP contribution is 2.25. The van der Waals surface area contributed by atoms with Crippen molar-refractivity contribution in [3.63, 3.8) is 0 Å². The second-order valence-corrected chi connectivity index (χ2v) is 7.45. The van der Waals surface area contributed by atoms with Crippen LogP contribution in [0.4, 0.5) is 0 Å². The summed E-state index contributed by atoms with van der Waals surface area (Å²) >= 11 is 3.09. The van der Waals surface area contributed by atoms with Gasteiger partial charge in [-0.1, -0.05) is 30.3 Å². The molecule has 0 fully saturated rings. The summed E-state index contributed by atoms with van der Waals surface area (Å²) in [6.45, 7) is 0.571. The molecule has 2 heterocycles. The van der Waals surface area contributed by atoms with E-state index in [1.54, 1.807) is 17.5 Å². The number of thiophene rings is 1. The highest BCUT2D eigenvalue weighted by atomic mass is 32.1. The number of amides is 1. The van der Waals surface area contributed by atoms with Crippen LogP contribution in [-0.2, 0) is 0 Å². The van der Waals surface area contributed by atoms with Gasteiger partial charge < -0.3 is 10.2 Å². The van der Waals surface area contributed by atoms with Crippen LogP contribution in [0.2, 0.25) is 0 Å². The van der Waals surface area contributed by atoms with Crippen LogP contribution in [0.15, 0.2) is 53.4 Å². The van der Waals surface area contributed by atoms with Gasteiger partial charge in [-0.3, -0.25) is 4.79 Å². The number of benzene rings is 1.